The fraction of sp³-hybridized carbons (Fsp3) is 0.409. The maximum absolute atomic E-state index is 13.7. The lowest BCUT2D eigenvalue weighted by atomic mass is 9.98. The third-order valence-electron chi connectivity index (χ3n) is 4.82. The Kier molecular flexibility index (Phi) is 6.08. The second-order valence-corrected chi connectivity index (χ2v) is 9.14. The minimum Gasteiger partial charge on any atom is -0.492 e. The van der Waals surface area contributed by atoms with Crippen LogP contribution in [-0.4, -0.2) is 38.3 Å². The van der Waals surface area contributed by atoms with E-state index < -0.39 is 10.0 Å². The highest BCUT2D eigenvalue weighted by Gasteiger charge is 2.34. The van der Waals surface area contributed by atoms with Crippen molar-refractivity contribution in [3.8, 4) is 5.75 Å². The number of hydrogen-bond donors (Lipinski definition) is 0. The van der Waals surface area contributed by atoms with Crippen molar-refractivity contribution >= 4 is 15.9 Å². The van der Waals surface area contributed by atoms with Crippen molar-refractivity contribution in [2.45, 2.75) is 44.9 Å². The van der Waals surface area contributed by atoms with E-state index in [1.807, 2.05) is 50.2 Å². The largest absolute Gasteiger partial charge is 0.492 e. The molecule has 1 aliphatic rings. The molecule has 0 saturated heterocycles. The molecule has 0 aromatic heterocycles. The number of nitrogens with zero attached hydrogens (tertiary/aromatic N) is 2. The van der Waals surface area contributed by atoms with Gasteiger partial charge in [0.15, 0.2) is 0 Å². The van der Waals surface area contributed by atoms with Gasteiger partial charge in [0.1, 0.15) is 16.5 Å². The number of amidine groups is 1. The highest BCUT2D eigenvalue weighted by Crippen LogP contribution is 2.34. The van der Waals surface area contributed by atoms with Gasteiger partial charge in [0.05, 0.1) is 19.7 Å². The van der Waals surface area contributed by atoms with Gasteiger partial charge in [-0.1, -0.05) is 51.1 Å². The molecule has 2 aromatic rings. The van der Waals surface area contributed by atoms with Gasteiger partial charge in [-0.25, -0.2) is 12.7 Å². The number of hydrogen-bond acceptors (Lipinski definition) is 4. The molecular formula is C22H28N2O3S. The molecule has 0 unspecified atom stereocenters. The Morgan fingerprint density at radius 2 is 1.89 bits per heavy atom. The van der Waals surface area contributed by atoms with Gasteiger partial charge < -0.3 is 4.74 Å². The van der Waals surface area contributed by atoms with E-state index in [0.717, 1.165) is 23.1 Å². The van der Waals surface area contributed by atoms with Crippen LogP contribution in [0.2, 0.25) is 0 Å². The van der Waals surface area contributed by atoms with Crippen LogP contribution in [-0.2, 0) is 10.0 Å². The predicted octanol–water partition coefficient (Wildman–Crippen LogP) is 4.36. The van der Waals surface area contributed by atoms with Crippen LogP contribution in [0.1, 0.15) is 49.8 Å². The SMILES string of the molecule is CCCOc1cc(C)c(C(C)C)cc1S(=O)(=O)N1CCN=C1c1ccccc1. The molecule has 0 saturated carbocycles. The van der Waals surface area contributed by atoms with E-state index in [2.05, 4.69) is 18.8 Å². The minimum atomic E-state index is -3.79. The number of sulfonamides is 1. The molecule has 0 radical (unpaired) electrons. The second kappa shape index (κ2) is 8.35. The van der Waals surface area contributed by atoms with Crippen molar-refractivity contribution in [2.24, 2.45) is 4.99 Å². The van der Waals surface area contributed by atoms with Crippen LogP contribution in [0.5, 0.6) is 5.75 Å². The van der Waals surface area contributed by atoms with Crippen LogP contribution < -0.4 is 4.74 Å². The summed E-state index contributed by atoms with van der Waals surface area (Å²) in [5.74, 6) is 1.13. The van der Waals surface area contributed by atoms with Gasteiger partial charge in [-0.05, 0) is 42.5 Å². The van der Waals surface area contributed by atoms with E-state index in [0.29, 0.717) is 31.3 Å². The highest BCUT2D eigenvalue weighted by atomic mass is 32.2. The molecule has 150 valence electrons. The zero-order valence-electron chi connectivity index (χ0n) is 17.0. The van der Waals surface area contributed by atoms with Crippen molar-refractivity contribution in [3.63, 3.8) is 0 Å². The Hall–Kier alpha value is -2.34. The summed E-state index contributed by atoms with van der Waals surface area (Å²) in [5.41, 5.74) is 2.86. The average molecular weight is 401 g/mol. The van der Waals surface area contributed by atoms with Gasteiger partial charge >= 0.3 is 0 Å². The first-order chi connectivity index (χ1) is 13.4. The van der Waals surface area contributed by atoms with Crippen molar-refractivity contribution in [3.05, 3.63) is 59.2 Å². The lowest BCUT2D eigenvalue weighted by Crippen LogP contribution is -2.35. The summed E-state index contributed by atoms with van der Waals surface area (Å²) in [5, 5.41) is 0. The number of aliphatic imine (C=N–C) groups is 1. The zero-order valence-corrected chi connectivity index (χ0v) is 17.8. The number of rotatable bonds is 7. The van der Waals surface area contributed by atoms with E-state index in [9.17, 15) is 8.42 Å². The summed E-state index contributed by atoms with van der Waals surface area (Å²) in [7, 11) is -3.79. The molecule has 0 fully saturated rings. The third kappa shape index (κ3) is 3.92. The summed E-state index contributed by atoms with van der Waals surface area (Å²) in [6.07, 6.45) is 0.810. The van der Waals surface area contributed by atoms with E-state index in [-0.39, 0.29) is 10.8 Å². The molecular weight excluding hydrogens is 372 g/mol. The van der Waals surface area contributed by atoms with E-state index in [1.54, 1.807) is 6.07 Å². The Balaban J connectivity index is 2.10. The minimum absolute atomic E-state index is 0.218. The molecule has 28 heavy (non-hydrogen) atoms. The predicted molar refractivity (Wildman–Crippen MR) is 113 cm³/mol. The summed E-state index contributed by atoms with van der Waals surface area (Å²) >= 11 is 0. The summed E-state index contributed by atoms with van der Waals surface area (Å²) < 4.78 is 34.6. The lowest BCUT2D eigenvalue weighted by molar-refractivity contribution is 0.308. The Bertz CT molecular complexity index is 967. The topological polar surface area (TPSA) is 59.0 Å². The van der Waals surface area contributed by atoms with Gasteiger partial charge in [0.25, 0.3) is 10.0 Å². The molecule has 0 amide bonds. The fourth-order valence-electron chi connectivity index (χ4n) is 3.43. The first-order valence-corrected chi connectivity index (χ1v) is 11.2. The van der Waals surface area contributed by atoms with Gasteiger partial charge in [-0.3, -0.25) is 4.99 Å². The molecule has 6 heteroatoms. The van der Waals surface area contributed by atoms with Gasteiger partial charge in [-0.2, -0.15) is 0 Å². The number of aryl methyl sites for hydroxylation is 1. The molecule has 3 rings (SSSR count). The number of ether oxygens (including phenoxy) is 1. The molecule has 1 heterocycles. The van der Waals surface area contributed by atoms with Crippen LogP contribution >= 0.6 is 0 Å². The summed E-state index contributed by atoms with van der Waals surface area (Å²) in [4.78, 5) is 4.69. The first kappa shape index (κ1) is 20.4. The Morgan fingerprint density at radius 1 is 1.18 bits per heavy atom. The zero-order chi connectivity index (χ0) is 20.3. The molecule has 2 aromatic carbocycles. The Morgan fingerprint density at radius 3 is 2.54 bits per heavy atom. The van der Waals surface area contributed by atoms with E-state index >= 15 is 0 Å². The van der Waals surface area contributed by atoms with Gasteiger partial charge in [-0.15, -0.1) is 0 Å². The van der Waals surface area contributed by atoms with Crippen LogP contribution in [0.25, 0.3) is 0 Å². The van der Waals surface area contributed by atoms with Gasteiger partial charge in [0.2, 0.25) is 0 Å². The standard InChI is InChI=1S/C22H28N2O3S/c1-5-13-27-20-14-17(4)19(16(2)3)15-21(20)28(25,26)24-12-11-23-22(24)18-9-7-6-8-10-18/h6-10,14-16H,5,11-13H2,1-4H3. The van der Waals surface area contributed by atoms with E-state index in [4.69, 9.17) is 4.74 Å². The maximum Gasteiger partial charge on any atom is 0.269 e. The van der Waals surface area contributed by atoms with Crippen molar-refractivity contribution in [1.82, 2.24) is 4.31 Å². The molecule has 5 nitrogen and oxygen atoms in total. The average Bonchev–Trinajstić information content (AvgIpc) is 3.17. The summed E-state index contributed by atoms with van der Waals surface area (Å²) in [6, 6.07) is 13.1. The molecule has 0 bridgehead atoms. The van der Waals surface area contributed by atoms with Crippen LogP contribution in [0.4, 0.5) is 0 Å². The second-order valence-electron chi connectivity index (χ2n) is 7.31. The molecule has 1 aliphatic heterocycles. The van der Waals surface area contributed by atoms with Gasteiger partial charge in [0, 0.05) is 5.56 Å². The lowest BCUT2D eigenvalue weighted by Gasteiger charge is -2.24. The monoisotopic (exact) mass is 400 g/mol. The quantitative estimate of drug-likeness (QED) is 0.694. The highest BCUT2D eigenvalue weighted by molar-refractivity contribution is 7.89. The first-order valence-electron chi connectivity index (χ1n) is 9.76. The molecule has 0 N–H and O–H groups in total. The molecule has 0 spiro atoms. The summed E-state index contributed by atoms with van der Waals surface area (Å²) in [6.45, 7) is 9.40. The maximum atomic E-state index is 13.7. The molecule has 0 atom stereocenters. The van der Waals surface area contributed by atoms with Crippen LogP contribution in [0, 0.1) is 6.92 Å². The molecule has 0 aliphatic carbocycles. The van der Waals surface area contributed by atoms with E-state index in [1.165, 1.54) is 4.31 Å². The van der Waals surface area contributed by atoms with Crippen molar-refractivity contribution < 1.29 is 13.2 Å². The Labute approximate surface area is 168 Å². The number of benzene rings is 2. The smallest absolute Gasteiger partial charge is 0.269 e. The van der Waals surface area contributed by atoms with Crippen molar-refractivity contribution in [2.75, 3.05) is 19.7 Å². The third-order valence-corrected chi connectivity index (χ3v) is 6.63. The normalized spacial score (nSPS) is 14.5. The fourth-order valence-corrected chi connectivity index (χ4v) is 5.03. The van der Waals surface area contributed by atoms with Crippen molar-refractivity contribution in [1.29, 1.82) is 0 Å². The van der Waals surface area contributed by atoms with Crippen LogP contribution in [0.15, 0.2) is 52.4 Å². The van der Waals surface area contributed by atoms with Crippen LogP contribution in [0.3, 0.4) is 0 Å².